The number of halogens is 4. The molecule has 0 aliphatic carbocycles. The SMILES string of the molecule is O=[N+]([O-])c1cc(CNc2cc(Cl)ccc2F)c(F)cc1F. The topological polar surface area (TPSA) is 55.2 Å². The third kappa shape index (κ3) is 3.43. The molecular weight excluding hydrogens is 309 g/mol. The van der Waals surface area contributed by atoms with Crippen molar-refractivity contribution < 1.29 is 18.1 Å². The van der Waals surface area contributed by atoms with Crippen molar-refractivity contribution in [2.45, 2.75) is 6.54 Å². The highest BCUT2D eigenvalue weighted by molar-refractivity contribution is 6.30. The molecule has 4 nitrogen and oxygen atoms in total. The largest absolute Gasteiger partial charge is 0.378 e. The monoisotopic (exact) mass is 316 g/mol. The zero-order valence-electron chi connectivity index (χ0n) is 10.4. The third-order valence-electron chi connectivity index (χ3n) is 2.71. The molecule has 2 aromatic carbocycles. The molecule has 0 aliphatic rings. The van der Waals surface area contributed by atoms with Gasteiger partial charge in [0.2, 0.25) is 5.82 Å². The molecule has 0 bridgehead atoms. The molecule has 0 amide bonds. The second kappa shape index (κ2) is 6.01. The summed E-state index contributed by atoms with van der Waals surface area (Å²) >= 11 is 5.70. The Bertz CT molecular complexity index is 710. The molecule has 2 rings (SSSR count). The molecule has 21 heavy (non-hydrogen) atoms. The number of anilines is 1. The van der Waals surface area contributed by atoms with Crippen LogP contribution in [-0.4, -0.2) is 4.92 Å². The molecule has 0 heterocycles. The number of nitrogens with one attached hydrogen (secondary N) is 1. The number of nitrogens with zero attached hydrogens (tertiary/aromatic N) is 1. The highest BCUT2D eigenvalue weighted by Gasteiger charge is 2.18. The maximum absolute atomic E-state index is 13.6. The molecule has 0 spiro atoms. The van der Waals surface area contributed by atoms with Gasteiger partial charge in [0.05, 0.1) is 10.6 Å². The van der Waals surface area contributed by atoms with Crippen molar-refractivity contribution in [3.8, 4) is 0 Å². The van der Waals surface area contributed by atoms with Crippen LogP contribution >= 0.6 is 11.6 Å². The molecule has 0 radical (unpaired) electrons. The lowest BCUT2D eigenvalue weighted by Crippen LogP contribution is -2.05. The van der Waals surface area contributed by atoms with Gasteiger partial charge < -0.3 is 5.32 Å². The van der Waals surface area contributed by atoms with Crippen molar-refractivity contribution >= 4 is 23.0 Å². The first-order valence-electron chi connectivity index (χ1n) is 5.69. The van der Waals surface area contributed by atoms with Crippen molar-refractivity contribution in [3.63, 3.8) is 0 Å². The fraction of sp³-hybridized carbons (Fsp3) is 0.0769. The second-order valence-corrected chi connectivity index (χ2v) is 4.57. The Labute approximate surface area is 122 Å². The van der Waals surface area contributed by atoms with Crippen molar-refractivity contribution in [2.24, 2.45) is 0 Å². The van der Waals surface area contributed by atoms with E-state index in [1.54, 1.807) is 0 Å². The normalized spacial score (nSPS) is 10.5. The first-order chi connectivity index (χ1) is 9.88. The van der Waals surface area contributed by atoms with Gasteiger partial charge in [-0.05, 0) is 18.2 Å². The standard InChI is InChI=1S/C13H8ClF3N2O2/c14-8-1-2-9(15)12(4-8)18-6-7-3-13(19(20)21)11(17)5-10(7)16/h1-5,18H,6H2. The van der Waals surface area contributed by atoms with E-state index in [1.807, 2.05) is 0 Å². The van der Waals surface area contributed by atoms with E-state index < -0.39 is 28.1 Å². The molecule has 0 saturated heterocycles. The van der Waals surface area contributed by atoms with E-state index >= 15 is 0 Å². The Balaban J connectivity index is 2.25. The summed E-state index contributed by atoms with van der Waals surface area (Å²) in [5.41, 5.74) is -1.00. The van der Waals surface area contributed by atoms with Crippen molar-refractivity contribution in [1.29, 1.82) is 0 Å². The van der Waals surface area contributed by atoms with Gasteiger partial charge in [-0.15, -0.1) is 0 Å². The lowest BCUT2D eigenvalue weighted by molar-refractivity contribution is -0.387. The van der Waals surface area contributed by atoms with E-state index in [0.29, 0.717) is 6.07 Å². The lowest BCUT2D eigenvalue weighted by atomic mass is 10.1. The molecule has 110 valence electrons. The van der Waals surface area contributed by atoms with Crippen LogP contribution in [-0.2, 0) is 6.54 Å². The molecule has 0 unspecified atom stereocenters. The first-order valence-corrected chi connectivity index (χ1v) is 6.07. The number of nitro groups is 1. The van der Waals surface area contributed by atoms with E-state index in [9.17, 15) is 23.3 Å². The van der Waals surface area contributed by atoms with Crippen LogP contribution in [0.15, 0.2) is 30.3 Å². The summed E-state index contributed by atoms with van der Waals surface area (Å²) < 4.78 is 40.2. The summed E-state index contributed by atoms with van der Waals surface area (Å²) in [6.07, 6.45) is 0. The van der Waals surface area contributed by atoms with E-state index in [-0.39, 0.29) is 22.8 Å². The number of hydrogen-bond donors (Lipinski definition) is 1. The molecular formula is C13H8ClF3N2O2. The van der Waals surface area contributed by atoms with Crippen molar-refractivity contribution in [2.75, 3.05) is 5.32 Å². The maximum atomic E-state index is 13.6. The van der Waals surface area contributed by atoms with Crippen LogP contribution < -0.4 is 5.32 Å². The minimum Gasteiger partial charge on any atom is -0.378 e. The van der Waals surface area contributed by atoms with Gasteiger partial charge in [-0.25, -0.2) is 8.78 Å². The van der Waals surface area contributed by atoms with Crippen molar-refractivity contribution in [3.05, 3.63) is 68.5 Å². The van der Waals surface area contributed by atoms with Crippen LogP contribution in [0, 0.1) is 27.6 Å². The van der Waals surface area contributed by atoms with Crippen molar-refractivity contribution in [1.82, 2.24) is 0 Å². The van der Waals surface area contributed by atoms with Gasteiger partial charge in [-0.1, -0.05) is 11.6 Å². The fourth-order valence-electron chi connectivity index (χ4n) is 1.68. The highest BCUT2D eigenvalue weighted by atomic mass is 35.5. The molecule has 2 aromatic rings. The summed E-state index contributed by atoms with van der Waals surface area (Å²) in [4.78, 5) is 9.64. The van der Waals surface area contributed by atoms with Crippen LogP contribution in [0.25, 0.3) is 0 Å². The predicted octanol–water partition coefficient (Wildman–Crippen LogP) is 4.28. The summed E-state index contributed by atoms with van der Waals surface area (Å²) in [5.74, 6) is -2.85. The van der Waals surface area contributed by atoms with Gasteiger partial charge in [0, 0.05) is 29.3 Å². The Hall–Kier alpha value is -2.28. The molecule has 8 heteroatoms. The zero-order chi connectivity index (χ0) is 15.6. The molecule has 0 atom stereocenters. The Kier molecular flexibility index (Phi) is 4.32. The summed E-state index contributed by atoms with van der Waals surface area (Å²) in [7, 11) is 0. The van der Waals surface area contributed by atoms with Crippen LogP contribution in [0.3, 0.4) is 0 Å². The first kappa shape index (κ1) is 15.1. The van der Waals surface area contributed by atoms with Crippen LogP contribution in [0.1, 0.15) is 5.56 Å². The Morgan fingerprint density at radius 1 is 1.10 bits per heavy atom. The Morgan fingerprint density at radius 3 is 2.48 bits per heavy atom. The average molecular weight is 317 g/mol. The smallest absolute Gasteiger partial charge is 0.305 e. The molecule has 0 aliphatic heterocycles. The van der Waals surface area contributed by atoms with E-state index in [4.69, 9.17) is 11.6 Å². The van der Waals surface area contributed by atoms with Gasteiger partial charge >= 0.3 is 5.69 Å². The molecule has 1 N–H and O–H groups in total. The second-order valence-electron chi connectivity index (χ2n) is 4.13. The number of hydrogen-bond acceptors (Lipinski definition) is 3. The van der Waals surface area contributed by atoms with E-state index in [2.05, 4.69) is 5.32 Å². The van der Waals surface area contributed by atoms with Gasteiger partial charge in [-0.2, -0.15) is 4.39 Å². The lowest BCUT2D eigenvalue weighted by Gasteiger charge is -2.09. The number of nitro benzene ring substituents is 1. The van der Waals surface area contributed by atoms with Gasteiger partial charge in [-0.3, -0.25) is 10.1 Å². The van der Waals surface area contributed by atoms with Crippen LogP contribution in [0.5, 0.6) is 0 Å². The molecule has 0 fully saturated rings. The Morgan fingerprint density at radius 2 is 1.81 bits per heavy atom. The van der Waals surface area contributed by atoms with Gasteiger partial charge in [0.1, 0.15) is 11.6 Å². The quantitative estimate of drug-likeness (QED) is 0.676. The summed E-state index contributed by atoms with van der Waals surface area (Å²) in [5, 5.41) is 13.4. The minimum atomic E-state index is -1.27. The van der Waals surface area contributed by atoms with Crippen LogP contribution in [0.4, 0.5) is 24.5 Å². The number of benzene rings is 2. The highest BCUT2D eigenvalue weighted by Crippen LogP contribution is 2.24. The predicted molar refractivity (Wildman–Crippen MR) is 71.7 cm³/mol. The maximum Gasteiger partial charge on any atom is 0.305 e. The zero-order valence-corrected chi connectivity index (χ0v) is 11.1. The number of rotatable bonds is 4. The average Bonchev–Trinajstić information content (AvgIpc) is 2.41. The van der Waals surface area contributed by atoms with Gasteiger partial charge in [0.15, 0.2) is 0 Å². The van der Waals surface area contributed by atoms with E-state index in [0.717, 1.165) is 12.1 Å². The van der Waals surface area contributed by atoms with E-state index in [1.165, 1.54) is 12.1 Å². The minimum absolute atomic E-state index is 0.00822. The molecule has 0 aromatic heterocycles. The third-order valence-corrected chi connectivity index (χ3v) is 2.95. The molecule has 0 saturated carbocycles. The summed E-state index contributed by atoms with van der Waals surface area (Å²) in [6, 6.07) is 4.93. The van der Waals surface area contributed by atoms with Crippen LogP contribution in [0.2, 0.25) is 5.02 Å². The summed E-state index contributed by atoms with van der Waals surface area (Å²) in [6.45, 7) is -0.260. The van der Waals surface area contributed by atoms with Gasteiger partial charge in [0.25, 0.3) is 0 Å². The fourth-order valence-corrected chi connectivity index (χ4v) is 1.85.